The zero-order valence-electron chi connectivity index (χ0n) is 9.19. The van der Waals surface area contributed by atoms with Gasteiger partial charge in [0.05, 0.1) is 0 Å². The maximum absolute atomic E-state index is 11.5. The van der Waals surface area contributed by atoms with Crippen LogP contribution in [0.15, 0.2) is 35.7 Å². The third kappa shape index (κ3) is 5.53. The van der Waals surface area contributed by atoms with E-state index in [9.17, 15) is 4.21 Å². The quantitative estimate of drug-likeness (QED) is 0.672. The maximum Gasteiger partial charge on any atom is 0.0456 e. The van der Waals surface area contributed by atoms with Gasteiger partial charge in [0.15, 0.2) is 0 Å². The van der Waals surface area contributed by atoms with Crippen molar-refractivity contribution < 1.29 is 4.21 Å². The van der Waals surface area contributed by atoms with Crippen LogP contribution in [-0.2, 0) is 10.8 Å². The minimum Gasteiger partial charge on any atom is -0.255 e. The fraction of sp³-hybridized carbons (Fsp3) is 0.385. The highest BCUT2D eigenvalue weighted by molar-refractivity contribution is 7.88. The summed E-state index contributed by atoms with van der Waals surface area (Å²) in [6, 6.07) is 9.98. The molecule has 0 saturated heterocycles. The predicted molar refractivity (Wildman–Crippen MR) is 68.0 cm³/mol. The molecule has 1 nitrogen and oxygen atoms in total. The number of hydrogen-bond acceptors (Lipinski definition) is 1. The summed E-state index contributed by atoms with van der Waals surface area (Å²) in [5, 5.41) is 1.80. The van der Waals surface area contributed by atoms with E-state index in [1.54, 1.807) is 5.41 Å². The van der Waals surface area contributed by atoms with Crippen LogP contribution in [-0.4, -0.2) is 9.96 Å². The Morgan fingerprint density at radius 1 is 1.20 bits per heavy atom. The molecular formula is C13H18OS. The van der Waals surface area contributed by atoms with E-state index in [1.807, 2.05) is 36.4 Å². The Bertz CT molecular complexity index is 317. The lowest BCUT2D eigenvalue weighted by molar-refractivity contribution is 0.682. The van der Waals surface area contributed by atoms with Crippen molar-refractivity contribution in [1.82, 2.24) is 0 Å². The predicted octanol–water partition coefficient (Wildman–Crippen LogP) is 3.60. The summed E-state index contributed by atoms with van der Waals surface area (Å²) >= 11 is 0. The molecule has 1 atom stereocenters. The van der Waals surface area contributed by atoms with Crippen LogP contribution in [0.3, 0.4) is 0 Å². The molecule has 0 spiro atoms. The third-order valence-corrected chi connectivity index (χ3v) is 3.29. The molecule has 82 valence electrons. The van der Waals surface area contributed by atoms with Crippen LogP contribution in [0.25, 0.3) is 6.08 Å². The van der Waals surface area contributed by atoms with Crippen LogP contribution >= 0.6 is 0 Å². The topological polar surface area (TPSA) is 17.1 Å². The van der Waals surface area contributed by atoms with Crippen LogP contribution in [0.4, 0.5) is 0 Å². The largest absolute Gasteiger partial charge is 0.255 e. The smallest absolute Gasteiger partial charge is 0.0456 e. The SMILES string of the molecule is CCCCCS(=O)/C=C/c1ccccc1. The highest BCUT2D eigenvalue weighted by Gasteiger charge is 1.93. The van der Waals surface area contributed by atoms with Crippen LogP contribution in [0.2, 0.25) is 0 Å². The van der Waals surface area contributed by atoms with Gasteiger partial charge in [-0.1, -0.05) is 50.1 Å². The molecule has 2 heteroatoms. The number of benzene rings is 1. The monoisotopic (exact) mass is 222 g/mol. The van der Waals surface area contributed by atoms with E-state index in [0.717, 1.165) is 17.7 Å². The Morgan fingerprint density at radius 2 is 1.93 bits per heavy atom. The molecule has 1 aromatic rings. The molecule has 0 saturated carbocycles. The third-order valence-electron chi connectivity index (χ3n) is 2.16. The van der Waals surface area contributed by atoms with Crippen molar-refractivity contribution in [2.24, 2.45) is 0 Å². The lowest BCUT2D eigenvalue weighted by atomic mass is 10.2. The highest BCUT2D eigenvalue weighted by Crippen LogP contribution is 2.03. The summed E-state index contributed by atoms with van der Waals surface area (Å²) < 4.78 is 11.5. The molecule has 0 bridgehead atoms. The summed E-state index contributed by atoms with van der Waals surface area (Å²) in [4.78, 5) is 0. The van der Waals surface area contributed by atoms with Crippen LogP contribution in [0.1, 0.15) is 31.7 Å². The Hall–Kier alpha value is -0.890. The average molecular weight is 222 g/mol. The Labute approximate surface area is 94.7 Å². The van der Waals surface area contributed by atoms with Gasteiger partial charge < -0.3 is 0 Å². The van der Waals surface area contributed by atoms with Crippen LogP contribution in [0, 0.1) is 0 Å². The van der Waals surface area contributed by atoms with Crippen molar-refractivity contribution in [3.05, 3.63) is 41.3 Å². The van der Waals surface area contributed by atoms with E-state index in [-0.39, 0.29) is 0 Å². The molecule has 1 rings (SSSR count). The van der Waals surface area contributed by atoms with Crippen LogP contribution in [0.5, 0.6) is 0 Å². The van der Waals surface area contributed by atoms with Gasteiger partial charge in [-0.25, -0.2) is 0 Å². The lowest BCUT2D eigenvalue weighted by Crippen LogP contribution is -1.92. The van der Waals surface area contributed by atoms with Gasteiger partial charge >= 0.3 is 0 Å². The minimum atomic E-state index is -0.803. The van der Waals surface area contributed by atoms with E-state index in [2.05, 4.69) is 6.92 Å². The second kappa shape index (κ2) is 7.41. The highest BCUT2D eigenvalue weighted by atomic mass is 32.2. The van der Waals surface area contributed by atoms with Crippen molar-refractivity contribution in [2.75, 3.05) is 5.75 Å². The molecule has 0 N–H and O–H groups in total. The Kier molecular flexibility index (Phi) is 6.02. The fourth-order valence-corrected chi connectivity index (χ4v) is 2.21. The summed E-state index contributed by atoms with van der Waals surface area (Å²) in [5.41, 5.74) is 1.11. The first-order chi connectivity index (χ1) is 7.33. The molecule has 0 radical (unpaired) electrons. The standard InChI is InChI=1S/C13H18OS/c1-2-3-7-11-15(14)12-10-13-8-5-4-6-9-13/h4-6,8-10,12H,2-3,7,11H2,1H3/b12-10+. The maximum atomic E-state index is 11.5. The number of unbranched alkanes of at least 4 members (excludes halogenated alkanes) is 2. The van der Waals surface area contributed by atoms with E-state index in [0.29, 0.717) is 0 Å². The van der Waals surface area contributed by atoms with Crippen LogP contribution < -0.4 is 0 Å². The second-order valence-electron chi connectivity index (χ2n) is 3.51. The first-order valence-electron chi connectivity index (χ1n) is 5.43. The summed E-state index contributed by atoms with van der Waals surface area (Å²) in [5.74, 6) is 0.789. The first-order valence-corrected chi connectivity index (χ1v) is 6.81. The zero-order valence-corrected chi connectivity index (χ0v) is 10.0. The first kappa shape index (κ1) is 12.2. The van der Waals surface area contributed by atoms with Gasteiger partial charge in [-0.3, -0.25) is 4.21 Å². The molecule has 0 aliphatic carbocycles. The van der Waals surface area contributed by atoms with Crippen molar-refractivity contribution >= 4 is 16.9 Å². The summed E-state index contributed by atoms with van der Waals surface area (Å²) in [6.07, 6.45) is 5.34. The molecule has 0 aliphatic rings. The molecule has 1 unspecified atom stereocenters. The van der Waals surface area contributed by atoms with Crippen molar-refractivity contribution in [1.29, 1.82) is 0 Å². The second-order valence-corrected chi connectivity index (χ2v) is 4.95. The van der Waals surface area contributed by atoms with Crippen molar-refractivity contribution in [2.45, 2.75) is 26.2 Å². The van der Waals surface area contributed by atoms with Crippen molar-refractivity contribution in [3.63, 3.8) is 0 Å². The molecule has 0 aliphatic heterocycles. The van der Waals surface area contributed by atoms with E-state index in [1.165, 1.54) is 12.8 Å². The summed E-state index contributed by atoms with van der Waals surface area (Å²) in [6.45, 7) is 2.16. The van der Waals surface area contributed by atoms with Gasteiger partial charge in [-0.05, 0) is 18.1 Å². The van der Waals surface area contributed by atoms with E-state index in [4.69, 9.17) is 0 Å². The van der Waals surface area contributed by atoms with Gasteiger partial charge in [0.1, 0.15) is 0 Å². The molecule has 15 heavy (non-hydrogen) atoms. The van der Waals surface area contributed by atoms with E-state index < -0.39 is 10.8 Å². The molecule has 1 aromatic carbocycles. The lowest BCUT2D eigenvalue weighted by Gasteiger charge is -1.95. The molecule has 0 heterocycles. The minimum absolute atomic E-state index is 0.789. The molecule has 0 aromatic heterocycles. The van der Waals surface area contributed by atoms with Gasteiger partial charge in [0.2, 0.25) is 0 Å². The number of hydrogen-bond donors (Lipinski definition) is 0. The Balaban J connectivity index is 2.34. The molecule has 0 fully saturated rings. The number of rotatable bonds is 6. The fourth-order valence-electron chi connectivity index (χ4n) is 1.28. The Morgan fingerprint density at radius 3 is 2.60 bits per heavy atom. The van der Waals surface area contributed by atoms with Gasteiger partial charge in [0.25, 0.3) is 0 Å². The zero-order chi connectivity index (χ0) is 10.9. The average Bonchev–Trinajstić information content (AvgIpc) is 2.28. The van der Waals surface area contributed by atoms with Gasteiger partial charge in [-0.15, -0.1) is 0 Å². The van der Waals surface area contributed by atoms with E-state index >= 15 is 0 Å². The molecule has 0 amide bonds. The van der Waals surface area contributed by atoms with Gasteiger partial charge in [-0.2, -0.15) is 0 Å². The normalized spacial score (nSPS) is 13.1. The van der Waals surface area contributed by atoms with Gasteiger partial charge in [0, 0.05) is 22.0 Å². The molecular weight excluding hydrogens is 204 g/mol. The summed E-state index contributed by atoms with van der Waals surface area (Å²) in [7, 11) is -0.803. The van der Waals surface area contributed by atoms with Crippen molar-refractivity contribution in [3.8, 4) is 0 Å².